The van der Waals surface area contributed by atoms with E-state index in [-0.39, 0.29) is 10.8 Å². The van der Waals surface area contributed by atoms with Crippen LogP contribution in [0.5, 0.6) is 0 Å². The molecule has 0 aromatic heterocycles. The third-order valence-electron chi connectivity index (χ3n) is 5.09. The molecule has 0 atom stereocenters. The van der Waals surface area contributed by atoms with Crippen LogP contribution in [-0.2, 0) is 14.8 Å². The number of carbonyl (C=O) groups excluding carboxylic acids is 1. The van der Waals surface area contributed by atoms with Gasteiger partial charge in [-0.2, -0.15) is 0 Å². The van der Waals surface area contributed by atoms with Crippen molar-refractivity contribution in [3.05, 3.63) is 66.2 Å². The summed E-state index contributed by atoms with van der Waals surface area (Å²) in [5, 5.41) is 1.87. The molecule has 1 heterocycles. The minimum atomic E-state index is -3.70. The number of carbonyl (C=O) groups is 1. The molecule has 0 aliphatic carbocycles. The van der Waals surface area contributed by atoms with Gasteiger partial charge < -0.3 is 4.90 Å². The fourth-order valence-corrected chi connectivity index (χ4v) is 4.72. The maximum absolute atomic E-state index is 12.8. The third kappa shape index (κ3) is 3.60. The van der Waals surface area contributed by atoms with Gasteiger partial charge in [-0.15, -0.1) is 0 Å². The van der Waals surface area contributed by atoms with Crippen molar-refractivity contribution in [3.63, 3.8) is 0 Å². The molecule has 3 aromatic rings. The average molecular weight is 394 g/mol. The van der Waals surface area contributed by atoms with Crippen LogP contribution >= 0.6 is 0 Å². The van der Waals surface area contributed by atoms with E-state index in [2.05, 4.69) is 4.72 Å². The predicted molar refractivity (Wildman–Crippen MR) is 112 cm³/mol. The van der Waals surface area contributed by atoms with Gasteiger partial charge in [-0.05, 0) is 66.4 Å². The Kier molecular flexibility index (Phi) is 4.81. The summed E-state index contributed by atoms with van der Waals surface area (Å²) in [6.07, 6.45) is 2.48. The Balaban J connectivity index is 1.60. The van der Waals surface area contributed by atoms with E-state index in [0.29, 0.717) is 18.7 Å². The summed E-state index contributed by atoms with van der Waals surface area (Å²) in [5.41, 5.74) is 2.20. The Morgan fingerprint density at radius 1 is 0.929 bits per heavy atom. The summed E-state index contributed by atoms with van der Waals surface area (Å²) in [7, 11) is -3.70. The summed E-state index contributed by atoms with van der Waals surface area (Å²) < 4.78 is 28.3. The highest BCUT2D eigenvalue weighted by Gasteiger charge is 2.21. The standard InChI is InChI=1S/C22H22N2O3S/c1-16-14-19(10-12-21(16)24-13-5-4-8-22(24)25)23-28(26,27)20-11-9-17-6-2-3-7-18(17)15-20/h2-3,6-7,9-12,14-15,23H,4-5,8,13H2,1H3. The van der Waals surface area contributed by atoms with Crippen LogP contribution in [0.2, 0.25) is 0 Å². The van der Waals surface area contributed by atoms with Gasteiger partial charge in [-0.3, -0.25) is 9.52 Å². The Labute approximate surface area is 165 Å². The van der Waals surface area contributed by atoms with Crippen LogP contribution < -0.4 is 9.62 Å². The molecule has 0 radical (unpaired) electrons. The van der Waals surface area contributed by atoms with Gasteiger partial charge in [-0.1, -0.05) is 30.3 Å². The van der Waals surface area contributed by atoms with Crippen LogP contribution in [0.15, 0.2) is 65.6 Å². The summed E-state index contributed by atoms with van der Waals surface area (Å²) in [5.74, 6) is 0.124. The predicted octanol–water partition coefficient (Wildman–Crippen LogP) is 4.47. The molecule has 0 unspecified atom stereocenters. The lowest BCUT2D eigenvalue weighted by Crippen LogP contribution is -2.35. The van der Waals surface area contributed by atoms with Gasteiger partial charge in [-0.25, -0.2) is 8.42 Å². The van der Waals surface area contributed by atoms with Crippen molar-refractivity contribution < 1.29 is 13.2 Å². The third-order valence-corrected chi connectivity index (χ3v) is 6.47. The molecule has 1 saturated heterocycles. The van der Waals surface area contributed by atoms with Gasteiger partial charge in [0.05, 0.1) is 4.90 Å². The van der Waals surface area contributed by atoms with Gasteiger partial charge >= 0.3 is 0 Å². The van der Waals surface area contributed by atoms with Crippen molar-refractivity contribution >= 4 is 38.1 Å². The number of nitrogens with one attached hydrogen (secondary N) is 1. The number of amides is 1. The highest BCUT2D eigenvalue weighted by atomic mass is 32.2. The van der Waals surface area contributed by atoms with Gasteiger partial charge in [0.2, 0.25) is 5.91 Å². The molecule has 5 nitrogen and oxygen atoms in total. The normalized spacial score (nSPS) is 15.0. The quantitative estimate of drug-likeness (QED) is 0.710. The van der Waals surface area contributed by atoms with E-state index >= 15 is 0 Å². The molecule has 0 saturated carbocycles. The van der Waals surface area contributed by atoms with Crippen molar-refractivity contribution in [2.75, 3.05) is 16.2 Å². The van der Waals surface area contributed by atoms with Crippen LogP contribution in [0.3, 0.4) is 0 Å². The number of hydrogen-bond donors (Lipinski definition) is 1. The molecule has 1 N–H and O–H groups in total. The van der Waals surface area contributed by atoms with E-state index in [0.717, 1.165) is 34.9 Å². The van der Waals surface area contributed by atoms with Crippen molar-refractivity contribution in [1.29, 1.82) is 0 Å². The van der Waals surface area contributed by atoms with E-state index in [4.69, 9.17) is 0 Å². The molecule has 28 heavy (non-hydrogen) atoms. The molecule has 4 rings (SSSR count). The second kappa shape index (κ2) is 7.28. The van der Waals surface area contributed by atoms with Gasteiger partial charge in [0.25, 0.3) is 10.0 Å². The molecule has 3 aromatic carbocycles. The lowest BCUT2D eigenvalue weighted by atomic mass is 10.1. The number of nitrogens with zero attached hydrogens (tertiary/aromatic N) is 1. The molecule has 6 heteroatoms. The van der Waals surface area contributed by atoms with Crippen molar-refractivity contribution in [3.8, 4) is 0 Å². The lowest BCUT2D eigenvalue weighted by Gasteiger charge is -2.28. The van der Waals surface area contributed by atoms with Crippen molar-refractivity contribution in [2.45, 2.75) is 31.1 Å². The lowest BCUT2D eigenvalue weighted by molar-refractivity contribution is -0.119. The van der Waals surface area contributed by atoms with Crippen molar-refractivity contribution in [2.24, 2.45) is 0 Å². The second-order valence-electron chi connectivity index (χ2n) is 7.12. The molecule has 0 bridgehead atoms. The number of sulfonamides is 1. The number of aryl methyl sites for hydroxylation is 1. The van der Waals surface area contributed by atoms with Crippen LogP contribution in [0.4, 0.5) is 11.4 Å². The van der Waals surface area contributed by atoms with Crippen LogP contribution in [-0.4, -0.2) is 20.9 Å². The minimum Gasteiger partial charge on any atom is -0.312 e. The maximum Gasteiger partial charge on any atom is 0.261 e. The van der Waals surface area contributed by atoms with E-state index in [9.17, 15) is 13.2 Å². The highest BCUT2D eigenvalue weighted by Crippen LogP contribution is 2.28. The second-order valence-corrected chi connectivity index (χ2v) is 8.80. The first kappa shape index (κ1) is 18.5. The molecular weight excluding hydrogens is 372 g/mol. The van der Waals surface area contributed by atoms with Crippen LogP contribution in [0.25, 0.3) is 10.8 Å². The van der Waals surface area contributed by atoms with Crippen molar-refractivity contribution in [1.82, 2.24) is 0 Å². The summed E-state index contributed by atoms with van der Waals surface area (Å²) in [6.45, 7) is 2.60. The first-order valence-corrected chi connectivity index (χ1v) is 10.8. The SMILES string of the molecule is Cc1cc(NS(=O)(=O)c2ccc3ccccc3c2)ccc1N1CCCCC1=O. The van der Waals surface area contributed by atoms with Gasteiger partial charge in [0.1, 0.15) is 0 Å². The Bertz CT molecular complexity index is 1160. The van der Waals surface area contributed by atoms with E-state index in [1.165, 1.54) is 0 Å². The molecular formula is C22H22N2O3S. The molecule has 1 fully saturated rings. The minimum absolute atomic E-state index is 0.124. The monoisotopic (exact) mass is 394 g/mol. The number of hydrogen-bond acceptors (Lipinski definition) is 3. The summed E-state index contributed by atoms with van der Waals surface area (Å²) >= 11 is 0. The Morgan fingerprint density at radius 3 is 2.46 bits per heavy atom. The maximum atomic E-state index is 12.8. The highest BCUT2D eigenvalue weighted by molar-refractivity contribution is 7.92. The number of benzene rings is 3. The van der Waals surface area contributed by atoms with E-state index in [1.54, 1.807) is 35.2 Å². The fraction of sp³-hybridized carbons (Fsp3) is 0.227. The molecule has 1 aliphatic rings. The summed E-state index contributed by atoms with van der Waals surface area (Å²) in [4.78, 5) is 14.2. The van der Waals surface area contributed by atoms with E-state index < -0.39 is 10.0 Å². The van der Waals surface area contributed by atoms with Gasteiger partial charge in [0, 0.05) is 24.3 Å². The molecule has 1 aliphatic heterocycles. The molecule has 1 amide bonds. The van der Waals surface area contributed by atoms with Crippen LogP contribution in [0.1, 0.15) is 24.8 Å². The topological polar surface area (TPSA) is 66.5 Å². The van der Waals surface area contributed by atoms with Gasteiger partial charge in [0.15, 0.2) is 0 Å². The smallest absolute Gasteiger partial charge is 0.261 e. The summed E-state index contributed by atoms with van der Waals surface area (Å²) in [6, 6.07) is 18.0. The van der Waals surface area contributed by atoms with Crippen LogP contribution in [0, 0.1) is 6.92 Å². The largest absolute Gasteiger partial charge is 0.312 e. The number of rotatable bonds is 4. The number of anilines is 2. The number of fused-ring (bicyclic) bond motifs is 1. The first-order chi connectivity index (χ1) is 13.4. The zero-order valence-corrected chi connectivity index (χ0v) is 16.5. The van der Waals surface area contributed by atoms with E-state index in [1.807, 2.05) is 37.3 Å². The average Bonchev–Trinajstić information content (AvgIpc) is 2.68. The Morgan fingerprint density at radius 2 is 1.71 bits per heavy atom. The fourth-order valence-electron chi connectivity index (χ4n) is 3.63. The zero-order chi connectivity index (χ0) is 19.7. The zero-order valence-electron chi connectivity index (χ0n) is 15.7. The molecule has 0 spiro atoms. The number of piperidine rings is 1. The molecule has 144 valence electrons. The Hall–Kier alpha value is -2.86. The first-order valence-electron chi connectivity index (χ1n) is 9.37.